The van der Waals surface area contributed by atoms with Crippen molar-refractivity contribution >= 4 is 11.7 Å². The molecule has 0 aromatic carbocycles. The summed E-state index contributed by atoms with van der Waals surface area (Å²) in [5, 5.41) is 6.33. The van der Waals surface area contributed by atoms with E-state index in [2.05, 4.69) is 15.6 Å². The SMILES string of the molecule is COCCCNc1cc(C(=O)NC2CCCCC2)ccn1. The second-order valence-electron chi connectivity index (χ2n) is 5.51. The minimum atomic E-state index is 0.00393. The van der Waals surface area contributed by atoms with Crippen molar-refractivity contribution in [3.8, 4) is 0 Å². The summed E-state index contributed by atoms with van der Waals surface area (Å²) in [5.74, 6) is 0.742. The van der Waals surface area contributed by atoms with Crippen LogP contribution >= 0.6 is 0 Å². The average Bonchev–Trinajstić information content (AvgIpc) is 2.53. The van der Waals surface area contributed by atoms with Crippen LogP contribution in [0.25, 0.3) is 0 Å². The number of carbonyl (C=O) groups is 1. The number of hydrogen-bond acceptors (Lipinski definition) is 4. The van der Waals surface area contributed by atoms with Crippen molar-refractivity contribution in [2.24, 2.45) is 0 Å². The Bertz CT molecular complexity index is 445. The maximum absolute atomic E-state index is 12.3. The summed E-state index contributed by atoms with van der Waals surface area (Å²) in [6.07, 6.45) is 8.50. The number of pyridine rings is 1. The van der Waals surface area contributed by atoms with Gasteiger partial charge >= 0.3 is 0 Å². The van der Waals surface area contributed by atoms with Crippen LogP contribution in [-0.4, -0.2) is 37.2 Å². The molecule has 2 rings (SSSR count). The Hall–Kier alpha value is -1.62. The maximum atomic E-state index is 12.3. The van der Waals surface area contributed by atoms with E-state index in [1.807, 2.05) is 6.07 Å². The zero-order valence-electron chi connectivity index (χ0n) is 12.7. The molecule has 0 aliphatic heterocycles. The molecular weight excluding hydrogens is 266 g/mol. The fourth-order valence-corrected chi connectivity index (χ4v) is 2.62. The van der Waals surface area contributed by atoms with Crippen LogP contribution in [-0.2, 0) is 4.74 Å². The number of anilines is 1. The Kier molecular flexibility index (Phi) is 6.47. The fourth-order valence-electron chi connectivity index (χ4n) is 2.62. The quantitative estimate of drug-likeness (QED) is 0.758. The van der Waals surface area contributed by atoms with Gasteiger partial charge in [0.05, 0.1) is 0 Å². The van der Waals surface area contributed by atoms with Crippen LogP contribution in [0.1, 0.15) is 48.9 Å². The Morgan fingerprint density at radius 1 is 1.38 bits per heavy atom. The minimum absolute atomic E-state index is 0.00393. The molecule has 5 heteroatoms. The van der Waals surface area contributed by atoms with Crippen LogP contribution in [0.15, 0.2) is 18.3 Å². The molecule has 2 N–H and O–H groups in total. The molecular formula is C16H25N3O2. The summed E-state index contributed by atoms with van der Waals surface area (Å²) in [5.41, 5.74) is 0.671. The minimum Gasteiger partial charge on any atom is -0.385 e. The lowest BCUT2D eigenvalue weighted by Gasteiger charge is -2.22. The van der Waals surface area contributed by atoms with Gasteiger partial charge < -0.3 is 15.4 Å². The van der Waals surface area contributed by atoms with Crippen LogP contribution in [0, 0.1) is 0 Å². The Morgan fingerprint density at radius 3 is 2.95 bits per heavy atom. The predicted octanol–water partition coefficient (Wildman–Crippen LogP) is 2.59. The highest BCUT2D eigenvalue weighted by Gasteiger charge is 2.16. The van der Waals surface area contributed by atoms with Crippen LogP contribution in [0.5, 0.6) is 0 Å². The van der Waals surface area contributed by atoms with Crippen LogP contribution in [0.4, 0.5) is 5.82 Å². The van der Waals surface area contributed by atoms with Gasteiger partial charge in [-0.2, -0.15) is 0 Å². The van der Waals surface area contributed by atoms with E-state index in [0.29, 0.717) is 11.6 Å². The highest BCUT2D eigenvalue weighted by atomic mass is 16.5. The lowest BCUT2D eigenvalue weighted by atomic mass is 9.95. The molecule has 21 heavy (non-hydrogen) atoms. The smallest absolute Gasteiger partial charge is 0.251 e. The summed E-state index contributed by atoms with van der Waals surface area (Å²) in [4.78, 5) is 16.5. The summed E-state index contributed by atoms with van der Waals surface area (Å²) in [7, 11) is 1.69. The number of hydrogen-bond donors (Lipinski definition) is 2. The molecule has 1 aliphatic rings. The third-order valence-electron chi connectivity index (χ3n) is 3.79. The number of methoxy groups -OCH3 is 1. The van der Waals surface area contributed by atoms with E-state index in [4.69, 9.17) is 4.74 Å². The van der Waals surface area contributed by atoms with Gasteiger partial charge in [0.15, 0.2) is 0 Å². The van der Waals surface area contributed by atoms with Crippen LogP contribution in [0.2, 0.25) is 0 Å². The van der Waals surface area contributed by atoms with Crippen molar-refractivity contribution in [3.63, 3.8) is 0 Å². The van der Waals surface area contributed by atoms with Crippen molar-refractivity contribution in [1.82, 2.24) is 10.3 Å². The fraction of sp³-hybridized carbons (Fsp3) is 0.625. The second-order valence-corrected chi connectivity index (χ2v) is 5.51. The van der Waals surface area contributed by atoms with Gasteiger partial charge in [0.25, 0.3) is 5.91 Å². The number of ether oxygens (including phenoxy) is 1. The Labute approximate surface area is 126 Å². The number of rotatable bonds is 7. The van der Waals surface area contributed by atoms with Crippen LogP contribution < -0.4 is 10.6 Å². The van der Waals surface area contributed by atoms with Gasteiger partial charge in [-0.25, -0.2) is 4.98 Å². The van der Waals surface area contributed by atoms with Crippen molar-refractivity contribution in [2.45, 2.75) is 44.6 Å². The van der Waals surface area contributed by atoms with Gasteiger partial charge in [-0.05, 0) is 31.4 Å². The van der Waals surface area contributed by atoms with E-state index in [1.54, 1.807) is 19.4 Å². The number of nitrogens with one attached hydrogen (secondary N) is 2. The second kappa shape index (κ2) is 8.62. The summed E-state index contributed by atoms with van der Waals surface area (Å²) in [6, 6.07) is 3.90. The van der Waals surface area contributed by atoms with Crippen molar-refractivity contribution < 1.29 is 9.53 Å². The Balaban J connectivity index is 1.85. The largest absolute Gasteiger partial charge is 0.385 e. The Morgan fingerprint density at radius 2 is 2.19 bits per heavy atom. The van der Waals surface area contributed by atoms with Crippen molar-refractivity contribution in [1.29, 1.82) is 0 Å². The molecule has 0 bridgehead atoms. The molecule has 1 aromatic heterocycles. The number of carbonyl (C=O) groups excluding carboxylic acids is 1. The molecule has 5 nitrogen and oxygen atoms in total. The molecule has 1 heterocycles. The molecule has 1 amide bonds. The molecule has 1 aliphatic carbocycles. The van der Waals surface area contributed by atoms with Gasteiger partial charge in [-0.15, -0.1) is 0 Å². The average molecular weight is 291 g/mol. The zero-order chi connectivity index (χ0) is 14.9. The molecule has 1 saturated carbocycles. The molecule has 0 atom stereocenters. The first-order valence-electron chi connectivity index (χ1n) is 7.79. The molecule has 0 radical (unpaired) electrons. The lowest BCUT2D eigenvalue weighted by molar-refractivity contribution is 0.0927. The first-order valence-corrected chi connectivity index (χ1v) is 7.79. The van der Waals surface area contributed by atoms with Crippen LogP contribution in [0.3, 0.4) is 0 Å². The third kappa shape index (κ3) is 5.34. The highest BCUT2D eigenvalue weighted by molar-refractivity contribution is 5.94. The van der Waals surface area contributed by atoms with Gasteiger partial charge in [0.1, 0.15) is 5.82 Å². The molecule has 0 saturated heterocycles. The number of nitrogens with zero attached hydrogens (tertiary/aromatic N) is 1. The summed E-state index contributed by atoms with van der Waals surface area (Å²) >= 11 is 0. The summed E-state index contributed by atoms with van der Waals surface area (Å²) < 4.78 is 5.00. The molecule has 116 valence electrons. The molecule has 0 unspecified atom stereocenters. The van der Waals surface area contributed by atoms with E-state index in [-0.39, 0.29) is 5.91 Å². The first-order chi connectivity index (χ1) is 10.3. The topological polar surface area (TPSA) is 63.2 Å². The molecule has 1 fully saturated rings. The van der Waals surface area contributed by atoms with Crippen molar-refractivity contribution in [3.05, 3.63) is 23.9 Å². The van der Waals surface area contributed by atoms with E-state index < -0.39 is 0 Å². The lowest BCUT2D eigenvalue weighted by Crippen LogP contribution is -2.36. The number of amides is 1. The van der Waals surface area contributed by atoms with E-state index >= 15 is 0 Å². The van der Waals surface area contributed by atoms with Gasteiger partial charge in [-0.3, -0.25) is 4.79 Å². The number of aromatic nitrogens is 1. The monoisotopic (exact) mass is 291 g/mol. The zero-order valence-corrected chi connectivity index (χ0v) is 12.7. The van der Waals surface area contributed by atoms with Gasteiger partial charge in [0.2, 0.25) is 0 Å². The van der Waals surface area contributed by atoms with E-state index in [0.717, 1.165) is 38.2 Å². The van der Waals surface area contributed by atoms with Gasteiger partial charge in [-0.1, -0.05) is 19.3 Å². The van der Waals surface area contributed by atoms with Crippen molar-refractivity contribution in [2.75, 3.05) is 25.6 Å². The normalized spacial score (nSPS) is 15.7. The first kappa shape index (κ1) is 15.8. The van der Waals surface area contributed by atoms with Gasteiger partial charge in [0, 0.05) is 38.1 Å². The molecule has 0 spiro atoms. The van der Waals surface area contributed by atoms with E-state index in [1.165, 1.54) is 19.3 Å². The maximum Gasteiger partial charge on any atom is 0.251 e. The summed E-state index contributed by atoms with van der Waals surface area (Å²) in [6.45, 7) is 1.50. The molecule has 1 aromatic rings. The standard InChI is InChI=1S/C16H25N3O2/c1-21-11-5-9-17-15-12-13(8-10-18-15)16(20)19-14-6-3-2-4-7-14/h8,10,12,14H,2-7,9,11H2,1H3,(H,17,18)(H,19,20). The highest BCUT2D eigenvalue weighted by Crippen LogP contribution is 2.18. The predicted molar refractivity (Wildman–Crippen MR) is 83.6 cm³/mol. The third-order valence-corrected chi connectivity index (χ3v) is 3.79. The van der Waals surface area contributed by atoms with E-state index in [9.17, 15) is 4.79 Å².